The molecule has 0 aromatic carbocycles. The van der Waals surface area contributed by atoms with Crippen molar-refractivity contribution < 1.29 is 9.53 Å². The molecule has 140 valence electrons. The lowest BCUT2D eigenvalue weighted by molar-refractivity contribution is 0.0507. The van der Waals surface area contributed by atoms with Gasteiger partial charge >= 0.3 is 6.09 Å². The molecule has 0 saturated heterocycles. The highest BCUT2D eigenvalue weighted by molar-refractivity contribution is 5.67. The minimum absolute atomic E-state index is 0.306. The molecule has 24 heavy (non-hydrogen) atoms. The highest BCUT2D eigenvalue weighted by Crippen LogP contribution is 2.46. The van der Waals surface area contributed by atoms with Gasteiger partial charge in [0.15, 0.2) is 0 Å². The third-order valence-electron chi connectivity index (χ3n) is 5.06. The van der Waals surface area contributed by atoms with Crippen molar-refractivity contribution in [2.24, 2.45) is 16.7 Å². The zero-order valence-corrected chi connectivity index (χ0v) is 16.8. The van der Waals surface area contributed by atoms with E-state index in [1.165, 1.54) is 32.1 Å². The van der Waals surface area contributed by atoms with Gasteiger partial charge in [-0.3, -0.25) is 0 Å². The molecule has 0 aromatic rings. The van der Waals surface area contributed by atoms with Crippen LogP contribution in [-0.2, 0) is 4.74 Å². The Balaban J connectivity index is 1.88. The van der Waals surface area contributed by atoms with Gasteiger partial charge in [0.05, 0.1) is 0 Å². The molecule has 2 aliphatic rings. The Morgan fingerprint density at radius 3 is 2.12 bits per heavy atom. The summed E-state index contributed by atoms with van der Waals surface area (Å²) in [6.45, 7) is 15.9. The Kier molecular flexibility index (Phi) is 5.59. The van der Waals surface area contributed by atoms with Crippen LogP contribution >= 0.6 is 0 Å². The van der Waals surface area contributed by atoms with Gasteiger partial charge in [0.2, 0.25) is 0 Å². The van der Waals surface area contributed by atoms with Gasteiger partial charge in [0.25, 0.3) is 0 Å². The zero-order valence-electron chi connectivity index (χ0n) is 16.8. The maximum Gasteiger partial charge on any atom is 0.407 e. The predicted molar refractivity (Wildman–Crippen MR) is 99.1 cm³/mol. The maximum atomic E-state index is 11.9. The van der Waals surface area contributed by atoms with Gasteiger partial charge in [0.1, 0.15) is 5.60 Å². The second kappa shape index (κ2) is 6.86. The minimum atomic E-state index is -0.440. The van der Waals surface area contributed by atoms with Crippen LogP contribution in [0.3, 0.4) is 0 Å². The van der Waals surface area contributed by atoms with Crippen LogP contribution in [0.2, 0.25) is 0 Å². The third-order valence-corrected chi connectivity index (χ3v) is 5.06. The van der Waals surface area contributed by atoms with E-state index in [0.29, 0.717) is 35.4 Å². The number of amides is 1. The summed E-state index contributed by atoms with van der Waals surface area (Å²) in [5.74, 6) is 0.702. The van der Waals surface area contributed by atoms with E-state index in [-0.39, 0.29) is 6.09 Å². The van der Waals surface area contributed by atoms with Crippen LogP contribution in [0, 0.1) is 16.7 Å². The molecule has 0 bridgehead atoms. The van der Waals surface area contributed by atoms with Crippen molar-refractivity contribution in [1.82, 2.24) is 10.6 Å². The lowest BCUT2D eigenvalue weighted by Gasteiger charge is -2.46. The molecule has 2 rings (SSSR count). The van der Waals surface area contributed by atoms with Crippen molar-refractivity contribution in [3.05, 3.63) is 0 Å². The normalized spacial score (nSPS) is 25.1. The van der Waals surface area contributed by atoms with E-state index in [0.717, 1.165) is 0 Å². The van der Waals surface area contributed by atoms with Crippen molar-refractivity contribution in [2.75, 3.05) is 6.54 Å². The maximum absolute atomic E-state index is 11.9. The van der Waals surface area contributed by atoms with E-state index in [9.17, 15) is 4.79 Å². The van der Waals surface area contributed by atoms with Crippen LogP contribution in [0.15, 0.2) is 0 Å². The van der Waals surface area contributed by atoms with E-state index in [4.69, 9.17) is 4.74 Å². The van der Waals surface area contributed by atoms with Gasteiger partial charge in [0, 0.05) is 18.6 Å². The largest absolute Gasteiger partial charge is 0.444 e. The van der Waals surface area contributed by atoms with Gasteiger partial charge in [-0.25, -0.2) is 4.79 Å². The zero-order chi connectivity index (χ0) is 18.2. The van der Waals surface area contributed by atoms with Crippen molar-refractivity contribution in [3.63, 3.8) is 0 Å². The first-order valence-corrected chi connectivity index (χ1v) is 9.58. The Bertz CT molecular complexity index is 431. The average molecular weight is 339 g/mol. The van der Waals surface area contributed by atoms with E-state index < -0.39 is 5.60 Å². The fourth-order valence-electron chi connectivity index (χ4n) is 4.63. The SMILES string of the molecule is CC1(C)CC(NC(CNC(=O)OC(C)(C)C)C2CC2)CC(C)(C)C1. The molecule has 4 nitrogen and oxygen atoms in total. The fourth-order valence-corrected chi connectivity index (χ4v) is 4.63. The first kappa shape index (κ1) is 19.6. The van der Waals surface area contributed by atoms with Crippen LogP contribution in [0.5, 0.6) is 0 Å². The Labute approximate surface area is 148 Å². The van der Waals surface area contributed by atoms with E-state index in [1.54, 1.807) is 0 Å². The molecule has 0 aliphatic heterocycles. The van der Waals surface area contributed by atoms with Crippen molar-refractivity contribution in [3.8, 4) is 0 Å². The molecule has 2 saturated carbocycles. The second-order valence-electron chi connectivity index (χ2n) is 10.6. The smallest absolute Gasteiger partial charge is 0.407 e. The molecule has 2 fully saturated rings. The molecule has 1 atom stereocenters. The van der Waals surface area contributed by atoms with Crippen LogP contribution in [-0.4, -0.2) is 30.3 Å². The molecular formula is C20H38N2O2. The molecule has 4 heteroatoms. The quantitative estimate of drug-likeness (QED) is 0.777. The number of ether oxygens (including phenoxy) is 1. The molecule has 0 spiro atoms. The average Bonchev–Trinajstić information content (AvgIpc) is 3.11. The third kappa shape index (κ3) is 6.62. The summed E-state index contributed by atoms with van der Waals surface area (Å²) in [6, 6.07) is 0.905. The van der Waals surface area contributed by atoms with Crippen molar-refractivity contribution in [1.29, 1.82) is 0 Å². The highest BCUT2D eigenvalue weighted by atomic mass is 16.6. The molecular weight excluding hydrogens is 300 g/mol. The van der Waals surface area contributed by atoms with Crippen molar-refractivity contribution in [2.45, 2.75) is 98.3 Å². The molecule has 2 aliphatic carbocycles. The molecule has 0 heterocycles. The van der Waals surface area contributed by atoms with Gasteiger partial charge in [-0.1, -0.05) is 27.7 Å². The standard InChI is InChI=1S/C20H38N2O2/c1-18(2,3)24-17(23)21-12-16(14-8-9-14)22-15-10-19(4,5)13-20(6,7)11-15/h14-16,22H,8-13H2,1-7H3,(H,21,23). The van der Waals surface area contributed by atoms with Crippen LogP contribution < -0.4 is 10.6 Å². The second-order valence-corrected chi connectivity index (χ2v) is 10.6. The number of carbonyl (C=O) groups excluding carboxylic acids is 1. The lowest BCUT2D eigenvalue weighted by atomic mass is 9.63. The minimum Gasteiger partial charge on any atom is -0.444 e. The van der Waals surface area contributed by atoms with E-state index in [1.807, 2.05) is 20.8 Å². The van der Waals surface area contributed by atoms with Crippen molar-refractivity contribution >= 4 is 6.09 Å². The predicted octanol–water partition coefficient (Wildman–Crippen LogP) is 4.48. The van der Waals surface area contributed by atoms with Crippen LogP contribution in [0.4, 0.5) is 4.79 Å². The summed E-state index contributed by atoms with van der Waals surface area (Å²) < 4.78 is 5.37. The molecule has 2 N–H and O–H groups in total. The molecule has 1 amide bonds. The molecule has 1 unspecified atom stereocenters. The Hall–Kier alpha value is -0.770. The fraction of sp³-hybridized carbons (Fsp3) is 0.950. The van der Waals surface area contributed by atoms with Gasteiger partial charge in [-0.15, -0.1) is 0 Å². The number of hydrogen-bond donors (Lipinski definition) is 2. The number of carbonyl (C=O) groups is 1. The highest BCUT2D eigenvalue weighted by Gasteiger charge is 2.41. The lowest BCUT2D eigenvalue weighted by Crippen LogP contribution is -2.52. The summed E-state index contributed by atoms with van der Waals surface area (Å²) in [6.07, 6.45) is 5.94. The van der Waals surface area contributed by atoms with E-state index in [2.05, 4.69) is 38.3 Å². The number of nitrogens with one attached hydrogen (secondary N) is 2. The topological polar surface area (TPSA) is 50.4 Å². The Morgan fingerprint density at radius 1 is 1.12 bits per heavy atom. The van der Waals surface area contributed by atoms with Gasteiger partial charge in [-0.2, -0.15) is 0 Å². The summed E-state index contributed by atoms with van der Waals surface area (Å²) in [5.41, 5.74) is 0.322. The molecule has 0 radical (unpaired) electrons. The van der Waals surface area contributed by atoms with Crippen LogP contribution in [0.1, 0.15) is 80.6 Å². The Morgan fingerprint density at radius 2 is 1.67 bits per heavy atom. The summed E-state index contributed by atoms with van der Waals surface area (Å²) >= 11 is 0. The van der Waals surface area contributed by atoms with Gasteiger partial charge in [-0.05, 0) is 69.6 Å². The first-order valence-electron chi connectivity index (χ1n) is 9.58. The number of hydrogen-bond acceptors (Lipinski definition) is 3. The first-order chi connectivity index (χ1) is 10.9. The van der Waals surface area contributed by atoms with Gasteiger partial charge < -0.3 is 15.4 Å². The number of alkyl carbamates (subject to hydrolysis) is 1. The van der Waals surface area contributed by atoms with E-state index >= 15 is 0 Å². The molecule has 0 aromatic heterocycles. The number of rotatable bonds is 5. The monoisotopic (exact) mass is 338 g/mol. The summed E-state index contributed by atoms with van der Waals surface area (Å²) in [4.78, 5) is 11.9. The summed E-state index contributed by atoms with van der Waals surface area (Å²) in [7, 11) is 0. The summed E-state index contributed by atoms with van der Waals surface area (Å²) in [5, 5.41) is 6.85. The van der Waals surface area contributed by atoms with Crippen LogP contribution in [0.25, 0.3) is 0 Å².